The number of allylic oxidation sites excluding steroid dienone is 2. The van der Waals surface area contributed by atoms with Crippen LogP contribution in [0.2, 0.25) is 0 Å². The van der Waals surface area contributed by atoms with E-state index in [0.717, 1.165) is 37.6 Å². The summed E-state index contributed by atoms with van der Waals surface area (Å²) < 4.78 is 5.80. The second-order valence-corrected chi connectivity index (χ2v) is 8.05. The van der Waals surface area contributed by atoms with Crippen molar-refractivity contribution < 1.29 is 9.53 Å². The Morgan fingerprint density at radius 2 is 1.43 bits per heavy atom. The molecule has 0 radical (unpaired) electrons. The molecule has 1 aliphatic rings. The number of fused-ring (bicyclic) bond motifs is 1. The molecule has 0 atom stereocenters. The average Bonchev–Trinajstić information content (AvgIpc) is 3.31. The largest absolute Gasteiger partial charge is 0.495 e. The monoisotopic (exact) mass is 519 g/mol. The van der Waals surface area contributed by atoms with Crippen LogP contribution >= 0.6 is 0 Å². The van der Waals surface area contributed by atoms with Gasteiger partial charge in [-0.2, -0.15) is 0 Å². The fourth-order valence-electron chi connectivity index (χ4n) is 3.04. The molecule has 2 aromatic carbocycles. The topological polar surface area (TPSA) is 99.3 Å². The third-order valence-corrected chi connectivity index (χ3v) is 4.70. The van der Waals surface area contributed by atoms with Gasteiger partial charge in [-0.25, -0.2) is 0 Å². The first kappa shape index (κ1) is 44.5. The minimum absolute atomic E-state index is 0. The van der Waals surface area contributed by atoms with Crippen molar-refractivity contribution in [3.63, 3.8) is 0 Å². The Labute approximate surface area is 230 Å². The Morgan fingerprint density at radius 3 is 1.65 bits per heavy atom. The van der Waals surface area contributed by atoms with Crippen molar-refractivity contribution in [3.8, 4) is 0 Å². The van der Waals surface area contributed by atoms with E-state index in [-0.39, 0.29) is 13.6 Å². The summed E-state index contributed by atoms with van der Waals surface area (Å²) in [6.07, 6.45) is 7.19. The highest BCUT2D eigenvalue weighted by atomic mass is 16.5. The number of carbonyl (C=O) groups is 1. The smallest absolute Gasteiger partial charge is 0.106 e. The van der Waals surface area contributed by atoms with E-state index in [0.29, 0.717) is 6.10 Å². The molecule has 0 unspecified atom stereocenters. The molecule has 6 N–H and O–H groups in total. The number of benzene rings is 2. The van der Waals surface area contributed by atoms with Crippen LogP contribution in [-0.2, 0) is 22.4 Å². The van der Waals surface area contributed by atoms with Gasteiger partial charge in [0.15, 0.2) is 0 Å². The summed E-state index contributed by atoms with van der Waals surface area (Å²) in [5, 5.41) is 2.89. The van der Waals surface area contributed by atoms with Crippen molar-refractivity contribution in [2.45, 2.75) is 87.7 Å². The summed E-state index contributed by atoms with van der Waals surface area (Å²) in [5.41, 5.74) is 7.97. The number of carbonyl (C=O) groups excluding carboxylic acids is 1. The zero-order valence-electron chi connectivity index (χ0n) is 24.6. The van der Waals surface area contributed by atoms with Crippen LogP contribution in [0.25, 0.3) is 0 Å². The highest BCUT2D eigenvalue weighted by Gasteiger charge is 2.21. The molecule has 0 fully saturated rings. The number of nitrogens with one attached hydrogen (secondary N) is 1. The first-order chi connectivity index (χ1) is 17.0. The van der Waals surface area contributed by atoms with Crippen molar-refractivity contribution in [2.75, 3.05) is 20.1 Å². The first-order valence-corrected chi connectivity index (χ1v) is 13.0. The SMILES string of the molecule is C.C/C=C(\C)OC1Cc2ccccc2C1.C=O.CC.CCCC(C)C.CNCCN.N.c1ccccc1. The number of nitrogens with two attached hydrogens (primary N) is 1. The molecule has 0 spiro atoms. The van der Waals surface area contributed by atoms with E-state index >= 15 is 0 Å². The molecule has 37 heavy (non-hydrogen) atoms. The van der Waals surface area contributed by atoms with Gasteiger partial charge in [0.1, 0.15) is 12.9 Å². The normalized spacial score (nSPS) is 10.7. The van der Waals surface area contributed by atoms with Gasteiger partial charge >= 0.3 is 0 Å². The fourth-order valence-corrected chi connectivity index (χ4v) is 3.04. The zero-order valence-corrected chi connectivity index (χ0v) is 24.6. The predicted octanol–water partition coefficient (Wildman–Crippen LogP) is 8.03. The molecule has 0 aromatic heterocycles. The molecule has 0 amide bonds. The van der Waals surface area contributed by atoms with Crippen LogP contribution in [0.5, 0.6) is 0 Å². The van der Waals surface area contributed by atoms with Crippen LogP contribution in [0.3, 0.4) is 0 Å². The van der Waals surface area contributed by atoms with Crippen LogP contribution < -0.4 is 17.2 Å². The van der Waals surface area contributed by atoms with E-state index in [9.17, 15) is 0 Å². The summed E-state index contributed by atoms with van der Waals surface area (Å²) >= 11 is 0. The number of hydrogen-bond donors (Lipinski definition) is 3. The van der Waals surface area contributed by atoms with E-state index in [2.05, 4.69) is 50.4 Å². The lowest BCUT2D eigenvalue weighted by molar-refractivity contribution is -0.0980. The van der Waals surface area contributed by atoms with Gasteiger partial charge in [-0.15, -0.1) is 0 Å². The molecule has 2 aromatic rings. The summed E-state index contributed by atoms with van der Waals surface area (Å²) in [6.45, 7) is 18.4. The average molecular weight is 520 g/mol. The van der Waals surface area contributed by atoms with Crippen LogP contribution in [0.1, 0.15) is 79.9 Å². The Morgan fingerprint density at radius 1 is 1.03 bits per heavy atom. The van der Waals surface area contributed by atoms with Gasteiger partial charge in [0.25, 0.3) is 0 Å². The summed E-state index contributed by atoms with van der Waals surface area (Å²) in [4.78, 5) is 8.00. The number of likely N-dealkylation sites (N-methyl/N-ethyl adjacent to an activating group) is 1. The van der Waals surface area contributed by atoms with E-state index in [1.807, 2.05) is 84.0 Å². The van der Waals surface area contributed by atoms with Gasteiger partial charge in [-0.3, -0.25) is 0 Å². The molecular formula is C32H61N3O2. The predicted molar refractivity (Wildman–Crippen MR) is 168 cm³/mol. The standard InChI is InChI=1S/C13H16O.C6H6.C6H14.C3H10N2.C2H6.CH2O.CH4.H3N/c1-3-10(2)14-13-8-11-6-4-5-7-12(11)9-13;1-2-4-6-5-3-1;1-4-5-6(2)3;1-5-3-2-4;2*1-2;;/h3-7,13H,8-9H2,1-2H3;1-6H;6H,4-5H2,1-3H3;5H,2-4H2,1H3;1-2H3;1H2;1H4;1H3/b10-3+;;;;;;;. The summed E-state index contributed by atoms with van der Waals surface area (Å²) in [5.74, 6) is 1.93. The van der Waals surface area contributed by atoms with Gasteiger partial charge in [0, 0.05) is 25.9 Å². The zero-order chi connectivity index (χ0) is 27.3. The maximum Gasteiger partial charge on any atom is 0.106 e. The van der Waals surface area contributed by atoms with Crippen LogP contribution in [0.4, 0.5) is 0 Å². The Balaban J connectivity index is -0.000000127. The molecular weight excluding hydrogens is 458 g/mol. The number of rotatable bonds is 6. The second kappa shape index (κ2) is 35.7. The van der Waals surface area contributed by atoms with Gasteiger partial charge in [-0.05, 0) is 44.0 Å². The molecule has 1 aliphatic carbocycles. The maximum atomic E-state index is 8.00. The first-order valence-electron chi connectivity index (χ1n) is 13.0. The second-order valence-electron chi connectivity index (χ2n) is 8.05. The summed E-state index contributed by atoms with van der Waals surface area (Å²) in [6, 6.07) is 20.6. The highest BCUT2D eigenvalue weighted by molar-refractivity contribution is 5.32. The molecule has 0 bridgehead atoms. The molecule has 0 aliphatic heterocycles. The minimum Gasteiger partial charge on any atom is -0.495 e. The number of ether oxygens (including phenoxy) is 1. The van der Waals surface area contributed by atoms with Crippen molar-refractivity contribution in [1.29, 1.82) is 0 Å². The number of hydrogen-bond acceptors (Lipinski definition) is 5. The van der Waals surface area contributed by atoms with E-state index in [4.69, 9.17) is 15.3 Å². The van der Waals surface area contributed by atoms with Gasteiger partial charge in [0.2, 0.25) is 0 Å². The molecule has 0 saturated heterocycles. The molecule has 3 rings (SSSR count). The van der Waals surface area contributed by atoms with E-state index < -0.39 is 0 Å². The molecule has 0 heterocycles. The quantitative estimate of drug-likeness (QED) is 0.335. The third-order valence-electron chi connectivity index (χ3n) is 4.70. The Hall–Kier alpha value is -2.47. The highest BCUT2D eigenvalue weighted by Crippen LogP contribution is 2.25. The van der Waals surface area contributed by atoms with E-state index in [1.165, 1.54) is 24.0 Å². The van der Waals surface area contributed by atoms with Crippen molar-refractivity contribution in [2.24, 2.45) is 11.7 Å². The van der Waals surface area contributed by atoms with E-state index in [1.54, 1.807) is 0 Å². The lowest BCUT2D eigenvalue weighted by Gasteiger charge is -2.12. The molecule has 216 valence electrons. The Bertz CT molecular complexity index is 638. The maximum absolute atomic E-state index is 8.00. The lowest BCUT2D eigenvalue weighted by atomic mass is 10.1. The molecule has 5 nitrogen and oxygen atoms in total. The lowest BCUT2D eigenvalue weighted by Crippen LogP contribution is -2.17. The van der Waals surface area contributed by atoms with Crippen LogP contribution in [0, 0.1) is 5.92 Å². The summed E-state index contributed by atoms with van der Waals surface area (Å²) in [7, 11) is 1.88. The van der Waals surface area contributed by atoms with Crippen molar-refractivity contribution >= 4 is 6.79 Å². The molecule has 0 saturated carbocycles. The van der Waals surface area contributed by atoms with Gasteiger partial charge in [-0.1, -0.05) is 116 Å². The Kier molecular flexibility index (Phi) is 42.9. The van der Waals surface area contributed by atoms with Crippen molar-refractivity contribution in [1.82, 2.24) is 11.5 Å². The van der Waals surface area contributed by atoms with Crippen LogP contribution in [-0.4, -0.2) is 33.0 Å². The minimum atomic E-state index is 0. The van der Waals surface area contributed by atoms with Crippen molar-refractivity contribution in [3.05, 3.63) is 83.6 Å². The third kappa shape index (κ3) is 29.6. The van der Waals surface area contributed by atoms with Gasteiger partial charge < -0.3 is 26.7 Å². The fraction of sp³-hybridized carbons (Fsp3) is 0.531. The molecule has 5 heteroatoms. The van der Waals surface area contributed by atoms with Crippen LogP contribution in [0.15, 0.2) is 72.5 Å². The van der Waals surface area contributed by atoms with Gasteiger partial charge in [0.05, 0.1) is 5.76 Å².